The Bertz CT molecular complexity index is 1270. The van der Waals surface area contributed by atoms with E-state index in [0.717, 1.165) is 42.9 Å². The van der Waals surface area contributed by atoms with E-state index in [-0.39, 0.29) is 17.6 Å². The number of piperidine rings is 1. The standard InChI is InChI=1S/C26H24F3N5O2/c27-26(28,29)35-21-10-8-18(9-11-21)25-32-23(33-36-25)22(20-7-4-12-30-17-20)16-19-6-5-13-31-24(19)34-14-2-1-3-15-34/h4-13,17,22H,1-3,14-16H2. The Morgan fingerprint density at radius 2 is 1.75 bits per heavy atom. The highest BCUT2D eigenvalue weighted by Crippen LogP contribution is 2.32. The van der Waals surface area contributed by atoms with E-state index < -0.39 is 6.36 Å². The molecule has 1 unspecified atom stereocenters. The third-order valence-electron chi connectivity index (χ3n) is 6.12. The average molecular weight is 496 g/mol. The molecule has 0 N–H and O–H groups in total. The van der Waals surface area contributed by atoms with Crippen LogP contribution in [-0.2, 0) is 6.42 Å². The maximum absolute atomic E-state index is 12.5. The van der Waals surface area contributed by atoms with E-state index in [4.69, 9.17) is 4.52 Å². The summed E-state index contributed by atoms with van der Waals surface area (Å²) in [5.74, 6) is 1.06. The second kappa shape index (κ2) is 10.3. The highest BCUT2D eigenvalue weighted by Gasteiger charge is 2.31. The molecule has 1 fully saturated rings. The van der Waals surface area contributed by atoms with Crippen molar-refractivity contribution in [3.8, 4) is 17.2 Å². The molecule has 0 spiro atoms. The van der Waals surface area contributed by atoms with Gasteiger partial charge in [-0.15, -0.1) is 13.2 Å². The number of halogens is 3. The maximum atomic E-state index is 12.5. The van der Waals surface area contributed by atoms with E-state index in [1.807, 2.05) is 24.4 Å². The summed E-state index contributed by atoms with van der Waals surface area (Å²) in [4.78, 5) is 15.9. The van der Waals surface area contributed by atoms with E-state index in [1.165, 1.54) is 30.7 Å². The minimum Gasteiger partial charge on any atom is -0.406 e. The molecule has 1 aliphatic rings. The van der Waals surface area contributed by atoms with Gasteiger partial charge in [-0.25, -0.2) is 4.98 Å². The molecule has 1 aromatic carbocycles. The fraction of sp³-hybridized carbons (Fsp3) is 0.308. The quantitative estimate of drug-likeness (QED) is 0.321. The van der Waals surface area contributed by atoms with Crippen molar-refractivity contribution in [3.63, 3.8) is 0 Å². The van der Waals surface area contributed by atoms with Crippen LogP contribution in [0.25, 0.3) is 11.5 Å². The van der Waals surface area contributed by atoms with Gasteiger partial charge in [0.2, 0.25) is 0 Å². The molecule has 0 bridgehead atoms. The Kier molecular flexibility index (Phi) is 6.84. The van der Waals surface area contributed by atoms with Crippen LogP contribution in [0.1, 0.15) is 42.1 Å². The Balaban J connectivity index is 1.44. The number of pyridine rings is 2. The van der Waals surface area contributed by atoms with Gasteiger partial charge in [-0.05, 0) is 73.2 Å². The summed E-state index contributed by atoms with van der Waals surface area (Å²) in [5, 5.41) is 4.23. The van der Waals surface area contributed by atoms with Gasteiger partial charge in [0.05, 0.1) is 5.92 Å². The first-order valence-electron chi connectivity index (χ1n) is 11.7. The first-order valence-corrected chi connectivity index (χ1v) is 11.7. The van der Waals surface area contributed by atoms with Gasteiger partial charge >= 0.3 is 6.36 Å². The molecule has 4 heterocycles. The Labute approximate surface area is 206 Å². The van der Waals surface area contributed by atoms with Crippen LogP contribution in [0.3, 0.4) is 0 Å². The fourth-order valence-electron chi connectivity index (χ4n) is 4.43. The largest absolute Gasteiger partial charge is 0.573 e. The normalized spacial score (nSPS) is 15.0. The molecule has 36 heavy (non-hydrogen) atoms. The number of rotatable bonds is 7. The number of hydrogen-bond acceptors (Lipinski definition) is 7. The number of anilines is 1. The van der Waals surface area contributed by atoms with Crippen molar-refractivity contribution in [1.82, 2.24) is 20.1 Å². The van der Waals surface area contributed by atoms with Gasteiger partial charge in [0.25, 0.3) is 5.89 Å². The molecule has 0 aliphatic carbocycles. The van der Waals surface area contributed by atoms with Crippen molar-refractivity contribution < 1.29 is 22.4 Å². The lowest BCUT2D eigenvalue weighted by Gasteiger charge is -2.30. The Morgan fingerprint density at radius 3 is 2.47 bits per heavy atom. The summed E-state index contributed by atoms with van der Waals surface area (Å²) in [6, 6.07) is 13.2. The number of ether oxygens (including phenoxy) is 1. The Morgan fingerprint density at radius 1 is 0.972 bits per heavy atom. The summed E-state index contributed by atoms with van der Waals surface area (Å²) in [6.07, 6.45) is 4.64. The molecule has 186 valence electrons. The van der Waals surface area contributed by atoms with Gasteiger partial charge in [-0.3, -0.25) is 4.98 Å². The molecule has 10 heteroatoms. The predicted molar refractivity (Wildman–Crippen MR) is 127 cm³/mol. The van der Waals surface area contributed by atoms with Crippen LogP contribution >= 0.6 is 0 Å². The van der Waals surface area contributed by atoms with Crippen LogP contribution in [-0.4, -0.2) is 39.6 Å². The molecular formula is C26H24F3N5O2. The van der Waals surface area contributed by atoms with E-state index in [9.17, 15) is 13.2 Å². The van der Waals surface area contributed by atoms with Crippen molar-refractivity contribution in [2.75, 3.05) is 18.0 Å². The van der Waals surface area contributed by atoms with E-state index in [2.05, 4.69) is 35.8 Å². The lowest BCUT2D eigenvalue weighted by molar-refractivity contribution is -0.274. The SMILES string of the molecule is FC(F)(F)Oc1ccc(-c2nc(C(Cc3cccnc3N3CCCCC3)c3cccnc3)no2)cc1. The topological polar surface area (TPSA) is 77.2 Å². The number of aromatic nitrogens is 4. The predicted octanol–water partition coefficient (Wildman–Crippen LogP) is 5.79. The lowest BCUT2D eigenvalue weighted by Crippen LogP contribution is -2.31. The average Bonchev–Trinajstić information content (AvgIpc) is 3.38. The second-order valence-corrected chi connectivity index (χ2v) is 8.61. The first kappa shape index (κ1) is 23.8. The number of benzene rings is 1. The molecule has 3 aromatic heterocycles. The van der Waals surface area contributed by atoms with Crippen molar-refractivity contribution in [1.29, 1.82) is 0 Å². The molecule has 1 saturated heterocycles. The van der Waals surface area contributed by atoms with Gasteiger partial charge in [0.15, 0.2) is 5.82 Å². The van der Waals surface area contributed by atoms with Crippen LogP contribution < -0.4 is 9.64 Å². The zero-order chi connectivity index (χ0) is 25.0. The van der Waals surface area contributed by atoms with Crippen LogP contribution in [0.15, 0.2) is 71.6 Å². The lowest BCUT2D eigenvalue weighted by atomic mass is 9.92. The molecule has 5 rings (SSSR count). The maximum Gasteiger partial charge on any atom is 0.573 e. The Hall–Kier alpha value is -3.95. The van der Waals surface area contributed by atoms with Crippen molar-refractivity contribution in [2.24, 2.45) is 0 Å². The highest BCUT2D eigenvalue weighted by molar-refractivity contribution is 5.55. The number of alkyl halides is 3. The molecule has 7 nitrogen and oxygen atoms in total. The van der Waals surface area contributed by atoms with Gasteiger partial charge in [0.1, 0.15) is 11.6 Å². The molecule has 4 aromatic rings. The summed E-state index contributed by atoms with van der Waals surface area (Å²) in [6.45, 7) is 1.95. The zero-order valence-electron chi connectivity index (χ0n) is 19.4. The molecule has 1 aliphatic heterocycles. The molecule has 0 amide bonds. The number of hydrogen-bond donors (Lipinski definition) is 0. The van der Waals surface area contributed by atoms with Crippen LogP contribution in [0.4, 0.5) is 19.0 Å². The van der Waals surface area contributed by atoms with Gasteiger partial charge in [0, 0.05) is 37.2 Å². The van der Waals surface area contributed by atoms with E-state index in [0.29, 0.717) is 17.8 Å². The van der Waals surface area contributed by atoms with Crippen molar-refractivity contribution >= 4 is 5.82 Å². The van der Waals surface area contributed by atoms with E-state index >= 15 is 0 Å². The first-order chi connectivity index (χ1) is 17.5. The highest BCUT2D eigenvalue weighted by atomic mass is 19.4. The smallest absolute Gasteiger partial charge is 0.406 e. The third kappa shape index (κ3) is 5.64. The second-order valence-electron chi connectivity index (χ2n) is 8.61. The summed E-state index contributed by atoms with van der Waals surface area (Å²) < 4.78 is 46.9. The molecule has 0 saturated carbocycles. The van der Waals surface area contributed by atoms with Gasteiger partial charge < -0.3 is 14.2 Å². The minimum absolute atomic E-state index is 0.208. The minimum atomic E-state index is -4.75. The van der Waals surface area contributed by atoms with E-state index in [1.54, 1.807) is 12.4 Å². The molecule has 1 atom stereocenters. The van der Waals surface area contributed by atoms with Crippen molar-refractivity contribution in [3.05, 3.63) is 84.1 Å². The summed E-state index contributed by atoms with van der Waals surface area (Å²) >= 11 is 0. The van der Waals surface area contributed by atoms with Gasteiger partial charge in [-0.1, -0.05) is 17.3 Å². The van der Waals surface area contributed by atoms with Crippen LogP contribution in [0.5, 0.6) is 5.75 Å². The van der Waals surface area contributed by atoms with Crippen LogP contribution in [0, 0.1) is 0 Å². The third-order valence-corrected chi connectivity index (χ3v) is 6.12. The summed E-state index contributed by atoms with van der Waals surface area (Å²) in [5.41, 5.74) is 2.49. The zero-order valence-corrected chi connectivity index (χ0v) is 19.4. The summed E-state index contributed by atoms with van der Waals surface area (Å²) in [7, 11) is 0. The van der Waals surface area contributed by atoms with Crippen LogP contribution in [0.2, 0.25) is 0 Å². The molecular weight excluding hydrogens is 471 g/mol. The van der Waals surface area contributed by atoms with Gasteiger partial charge in [-0.2, -0.15) is 4.98 Å². The van der Waals surface area contributed by atoms with Crippen molar-refractivity contribution in [2.45, 2.75) is 38.0 Å². The molecule has 0 radical (unpaired) electrons. The number of nitrogens with zero attached hydrogens (tertiary/aromatic N) is 5. The fourth-order valence-corrected chi connectivity index (χ4v) is 4.43. The monoisotopic (exact) mass is 495 g/mol.